The Kier molecular flexibility index (Phi) is 5.63. The van der Waals surface area contributed by atoms with Crippen molar-refractivity contribution in [3.05, 3.63) is 50.7 Å². The molecule has 0 radical (unpaired) electrons. The second kappa shape index (κ2) is 7.10. The van der Waals surface area contributed by atoms with Gasteiger partial charge in [-0.1, -0.05) is 29.3 Å². The third-order valence-corrected chi connectivity index (χ3v) is 6.18. The summed E-state index contributed by atoms with van der Waals surface area (Å²) in [6.07, 6.45) is -0.363. The number of halogens is 1. The maximum absolute atomic E-state index is 12.4. The lowest BCUT2D eigenvalue weighted by Crippen LogP contribution is -2.29. The van der Waals surface area contributed by atoms with Crippen LogP contribution in [0, 0.1) is 13.8 Å². The number of hydrogen-bond donors (Lipinski definition) is 1. The van der Waals surface area contributed by atoms with Crippen molar-refractivity contribution in [3.8, 4) is 0 Å². The molecule has 1 unspecified atom stereocenters. The van der Waals surface area contributed by atoms with Gasteiger partial charge in [-0.15, -0.1) is 11.3 Å². The van der Waals surface area contributed by atoms with Crippen LogP contribution in [0.4, 0.5) is 0 Å². The van der Waals surface area contributed by atoms with Gasteiger partial charge in [-0.2, -0.15) is 0 Å². The zero-order chi connectivity index (χ0) is 16.3. The van der Waals surface area contributed by atoms with Gasteiger partial charge in [0.1, 0.15) is 6.10 Å². The molecule has 1 aromatic carbocycles. The van der Waals surface area contributed by atoms with E-state index in [2.05, 4.69) is 4.72 Å². The summed E-state index contributed by atoms with van der Waals surface area (Å²) in [5.41, 5.74) is 1.75. The molecule has 0 saturated carbocycles. The Morgan fingerprint density at radius 1 is 1.27 bits per heavy atom. The number of methoxy groups -OCH3 is 1. The molecule has 0 fully saturated rings. The first-order valence-electron chi connectivity index (χ1n) is 6.68. The molecule has 0 bridgehead atoms. The smallest absolute Gasteiger partial charge is 0.240 e. The van der Waals surface area contributed by atoms with Crippen molar-refractivity contribution in [1.82, 2.24) is 4.72 Å². The van der Waals surface area contributed by atoms with Crippen LogP contribution in [0.3, 0.4) is 0 Å². The highest BCUT2D eigenvalue weighted by molar-refractivity contribution is 7.89. The molecular weight excluding hydrogens is 342 g/mol. The molecule has 1 N–H and O–H groups in total. The van der Waals surface area contributed by atoms with Gasteiger partial charge in [0, 0.05) is 18.5 Å². The molecule has 0 aliphatic heterocycles. The third kappa shape index (κ3) is 4.08. The summed E-state index contributed by atoms with van der Waals surface area (Å²) in [7, 11) is -2.03. The number of sulfonamides is 1. The van der Waals surface area contributed by atoms with Crippen LogP contribution < -0.4 is 4.72 Å². The van der Waals surface area contributed by atoms with Gasteiger partial charge in [0.15, 0.2) is 0 Å². The van der Waals surface area contributed by atoms with Gasteiger partial charge in [0.25, 0.3) is 0 Å². The predicted molar refractivity (Wildman–Crippen MR) is 90.2 cm³/mol. The minimum atomic E-state index is -3.57. The molecule has 0 aliphatic carbocycles. The average Bonchev–Trinajstić information content (AvgIpc) is 2.85. The molecule has 120 valence electrons. The zero-order valence-electron chi connectivity index (χ0n) is 12.6. The van der Waals surface area contributed by atoms with E-state index in [4.69, 9.17) is 16.3 Å². The van der Waals surface area contributed by atoms with Crippen LogP contribution in [-0.4, -0.2) is 22.1 Å². The highest BCUT2D eigenvalue weighted by Gasteiger charge is 2.20. The fourth-order valence-electron chi connectivity index (χ4n) is 2.17. The Bertz CT molecular complexity index is 756. The molecule has 2 rings (SSSR count). The summed E-state index contributed by atoms with van der Waals surface area (Å²) in [5, 5.41) is 0. The number of aryl methyl sites for hydroxylation is 2. The van der Waals surface area contributed by atoms with E-state index in [1.165, 1.54) is 11.3 Å². The molecule has 0 aliphatic rings. The van der Waals surface area contributed by atoms with Gasteiger partial charge in [-0.05, 0) is 37.6 Å². The van der Waals surface area contributed by atoms with E-state index < -0.39 is 10.0 Å². The van der Waals surface area contributed by atoms with Crippen LogP contribution in [0.1, 0.15) is 22.1 Å². The Labute approximate surface area is 140 Å². The molecule has 0 saturated heterocycles. The fraction of sp³-hybridized carbons (Fsp3) is 0.333. The average molecular weight is 360 g/mol. The van der Waals surface area contributed by atoms with Crippen LogP contribution in [0.2, 0.25) is 4.34 Å². The summed E-state index contributed by atoms with van der Waals surface area (Å²) in [6.45, 7) is 3.87. The second-order valence-corrected chi connectivity index (χ2v) is 8.47. The largest absolute Gasteiger partial charge is 0.375 e. The zero-order valence-corrected chi connectivity index (χ0v) is 15.0. The lowest BCUT2D eigenvalue weighted by atomic mass is 10.2. The van der Waals surface area contributed by atoms with Crippen LogP contribution in [0.5, 0.6) is 0 Å². The first-order chi connectivity index (χ1) is 10.3. The van der Waals surface area contributed by atoms with Gasteiger partial charge >= 0.3 is 0 Å². The summed E-state index contributed by atoms with van der Waals surface area (Å²) >= 11 is 7.28. The molecule has 1 atom stereocenters. The van der Waals surface area contributed by atoms with Gasteiger partial charge in [-0.3, -0.25) is 0 Å². The summed E-state index contributed by atoms with van der Waals surface area (Å²) in [4.78, 5) is 1.17. The molecule has 0 spiro atoms. The highest BCUT2D eigenvalue weighted by Crippen LogP contribution is 2.28. The number of rotatable bonds is 6. The Morgan fingerprint density at radius 2 is 2.00 bits per heavy atom. The first kappa shape index (κ1) is 17.4. The molecule has 2 aromatic rings. The normalized spacial score (nSPS) is 13.3. The third-order valence-electron chi connectivity index (χ3n) is 3.27. The van der Waals surface area contributed by atoms with Crippen LogP contribution in [0.15, 0.2) is 35.2 Å². The van der Waals surface area contributed by atoms with Crippen molar-refractivity contribution in [2.45, 2.75) is 24.8 Å². The van der Waals surface area contributed by atoms with E-state index in [-0.39, 0.29) is 17.5 Å². The Balaban J connectivity index is 2.14. The van der Waals surface area contributed by atoms with E-state index in [0.29, 0.717) is 4.34 Å². The van der Waals surface area contributed by atoms with E-state index >= 15 is 0 Å². The van der Waals surface area contributed by atoms with Gasteiger partial charge in [0.2, 0.25) is 10.0 Å². The maximum atomic E-state index is 12.4. The number of hydrogen-bond acceptors (Lipinski definition) is 4. The second-order valence-electron chi connectivity index (χ2n) is 4.99. The van der Waals surface area contributed by atoms with Crippen molar-refractivity contribution >= 4 is 33.0 Å². The highest BCUT2D eigenvalue weighted by atomic mass is 35.5. The summed E-state index contributed by atoms with van der Waals surface area (Å²) < 4.78 is 33.5. The predicted octanol–water partition coefficient (Wildman–Crippen LogP) is 3.68. The van der Waals surface area contributed by atoms with E-state index in [1.54, 1.807) is 32.2 Å². The van der Waals surface area contributed by atoms with Crippen LogP contribution in [-0.2, 0) is 14.8 Å². The van der Waals surface area contributed by atoms with Crippen molar-refractivity contribution in [2.24, 2.45) is 0 Å². The quantitative estimate of drug-likeness (QED) is 0.855. The standard InChI is InChI=1S/C15H18ClNO3S2/c1-10-4-6-14(11(2)8-10)22(18,19)17-9-12(20-3)13-5-7-15(16)21-13/h4-8,12,17H,9H2,1-3H3. The SMILES string of the molecule is COC(CNS(=O)(=O)c1ccc(C)cc1C)c1ccc(Cl)s1. The van der Waals surface area contributed by atoms with E-state index in [0.717, 1.165) is 16.0 Å². The van der Waals surface area contributed by atoms with Gasteiger partial charge in [0.05, 0.1) is 9.23 Å². The van der Waals surface area contributed by atoms with Gasteiger partial charge in [-0.25, -0.2) is 13.1 Å². The topological polar surface area (TPSA) is 55.4 Å². The van der Waals surface area contributed by atoms with Crippen molar-refractivity contribution < 1.29 is 13.2 Å². The molecule has 4 nitrogen and oxygen atoms in total. The monoisotopic (exact) mass is 359 g/mol. The van der Waals surface area contributed by atoms with E-state index in [9.17, 15) is 8.42 Å². The van der Waals surface area contributed by atoms with Crippen molar-refractivity contribution in [2.75, 3.05) is 13.7 Å². The maximum Gasteiger partial charge on any atom is 0.240 e. The van der Waals surface area contributed by atoms with Gasteiger partial charge < -0.3 is 4.74 Å². The molecule has 1 heterocycles. The number of nitrogens with one attached hydrogen (secondary N) is 1. The molecular formula is C15H18ClNO3S2. The summed E-state index contributed by atoms with van der Waals surface area (Å²) in [6, 6.07) is 8.87. The van der Waals surface area contributed by atoms with Crippen molar-refractivity contribution in [1.29, 1.82) is 0 Å². The number of ether oxygens (including phenoxy) is 1. The minimum Gasteiger partial charge on any atom is -0.375 e. The van der Waals surface area contributed by atoms with E-state index in [1.807, 2.05) is 19.1 Å². The first-order valence-corrected chi connectivity index (χ1v) is 9.36. The Morgan fingerprint density at radius 3 is 2.55 bits per heavy atom. The minimum absolute atomic E-state index is 0.156. The lowest BCUT2D eigenvalue weighted by Gasteiger charge is -2.15. The Hall–Kier alpha value is -0.920. The molecule has 0 amide bonds. The fourth-order valence-corrected chi connectivity index (χ4v) is 4.56. The summed E-state index contributed by atoms with van der Waals surface area (Å²) in [5.74, 6) is 0. The molecule has 1 aromatic heterocycles. The molecule has 22 heavy (non-hydrogen) atoms. The van der Waals surface area contributed by atoms with Crippen LogP contribution in [0.25, 0.3) is 0 Å². The lowest BCUT2D eigenvalue weighted by molar-refractivity contribution is 0.110. The number of benzene rings is 1. The van der Waals surface area contributed by atoms with Crippen LogP contribution >= 0.6 is 22.9 Å². The molecule has 7 heteroatoms. The number of thiophene rings is 1. The van der Waals surface area contributed by atoms with Crippen molar-refractivity contribution in [3.63, 3.8) is 0 Å².